The quantitative estimate of drug-likeness (QED) is 0.916. The lowest BCUT2D eigenvalue weighted by molar-refractivity contribution is 0.0962. The molecule has 1 aromatic carbocycles. The third kappa shape index (κ3) is 3.49. The molecule has 1 aromatic heterocycles. The number of ether oxygens (including phenoxy) is 1. The molecule has 0 aliphatic carbocycles. The van der Waals surface area contributed by atoms with E-state index < -0.39 is 5.54 Å². The Kier molecular flexibility index (Phi) is 4.65. The first-order valence-electron chi connectivity index (χ1n) is 6.09. The maximum atomic E-state index is 6.11. The second kappa shape index (κ2) is 6.10. The number of hydrogen-bond acceptors (Lipinski definition) is 5. The van der Waals surface area contributed by atoms with Crippen molar-refractivity contribution in [2.24, 2.45) is 5.73 Å². The highest BCUT2D eigenvalue weighted by molar-refractivity contribution is 6.35. The van der Waals surface area contributed by atoms with Crippen LogP contribution in [0.1, 0.15) is 19.7 Å². The van der Waals surface area contributed by atoms with Gasteiger partial charge in [0.2, 0.25) is 0 Å². The van der Waals surface area contributed by atoms with Gasteiger partial charge in [-0.25, -0.2) is 0 Å². The maximum Gasteiger partial charge on any atom is 0.258 e. The van der Waals surface area contributed by atoms with Crippen LogP contribution in [0.15, 0.2) is 22.7 Å². The Labute approximate surface area is 127 Å². The molecule has 2 rings (SSSR count). The Bertz CT molecular complexity index is 579. The molecule has 1 unspecified atom stereocenters. The van der Waals surface area contributed by atoms with Crippen LogP contribution in [0.4, 0.5) is 0 Å². The lowest BCUT2D eigenvalue weighted by Crippen LogP contribution is -2.39. The number of rotatable bonds is 5. The minimum absolute atomic E-state index is 0.304. The van der Waals surface area contributed by atoms with Crippen molar-refractivity contribution in [2.75, 3.05) is 13.2 Å². The van der Waals surface area contributed by atoms with Gasteiger partial charge in [0.1, 0.15) is 5.54 Å². The van der Waals surface area contributed by atoms with Gasteiger partial charge in [-0.1, -0.05) is 28.4 Å². The second-order valence-electron chi connectivity index (χ2n) is 4.64. The molecule has 0 saturated carbocycles. The first kappa shape index (κ1) is 15.3. The number of nitrogens with two attached hydrogens (primary N) is 1. The van der Waals surface area contributed by atoms with Crippen LogP contribution in [0.25, 0.3) is 11.5 Å². The zero-order chi connectivity index (χ0) is 14.8. The predicted molar refractivity (Wildman–Crippen MR) is 77.8 cm³/mol. The average molecular weight is 316 g/mol. The number of aromatic nitrogens is 2. The molecular weight excluding hydrogens is 301 g/mol. The molecule has 20 heavy (non-hydrogen) atoms. The normalized spacial score (nSPS) is 14.2. The van der Waals surface area contributed by atoms with Gasteiger partial charge in [-0.15, -0.1) is 0 Å². The van der Waals surface area contributed by atoms with E-state index in [0.29, 0.717) is 40.5 Å². The van der Waals surface area contributed by atoms with Crippen LogP contribution >= 0.6 is 23.2 Å². The third-order valence-corrected chi connectivity index (χ3v) is 3.09. The lowest BCUT2D eigenvalue weighted by Gasteiger charge is -2.19. The Hall–Kier alpha value is -1.14. The second-order valence-corrected chi connectivity index (χ2v) is 5.51. The lowest BCUT2D eigenvalue weighted by atomic mass is 10.1. The van der Waals surface area contributed by atoms with Gasteiger partial charge in [-0.05, 0) is 32.0 Å². The van der Waals surface area contributed by atoms with Crippen LogP contribution in [-0.2, 0) is 10.3 Å². The van der Waals surface area contributed by atoms with Crippen molar-refractivity contribution in [1.29, 1.82) is 0 Å². The van der Waals surface area contributed by atoms with Gasteiger partial charge in [-0.3, -0.25) is 0 Å². The summed E-state index contributed by atoms with van der Waals surface area (Å²) in [7, 11) is 0. The third-order valence-electron chi connectivity index (χ3n) is 2.65. The van der Waals surface area contributed by atoms with E-state index in [1.165, 1.54) is 0 Å². The van der Waals surface area contributed by atoms with Gasteiger partial charge in [-0.2, -0.15) is 4.98 Å². The maximum absolute atomic E-state index is 6.11. The predicted octanol–water partition coefficient (Wildman–Crippen LogP) is 3.25. The van der Waals surface area contributed by atoms with E-state index in [9.17, 15) is 0 Å². The first-order chi connectivity index (χ1) is 9.42. The minimum Gasteiger partial charge on any atom is -0.379 e. The van der Waals surface area contributed by atoms with Crippen LogP contribution in [0, 0.1) is 0 Å². The van der Waals surface area contributed by atoms with E-state index in [0.717, 1.165) is 0 Å². The SMILES string of the molecule is CCOCC(C)(N)c1noc(-c2cc(Cl)cc(Cl)c2)n1. The van der Waals surface area contributed by atoms with E-state index in [-0.39, 0.29) is 0 Å². The highest BCUT2D eigenvalue weighted by atomic mass is 35.5. The Morgan fingerprint density at radius 1 is 1.30 bits per heavy atom. The van der Waals surface area contributed by atoms with Crippen LogP contribution in [0.3, 0.4) is 0 Å². The molecule has 0 aliphatic rings. The van der Waals surface area contributed by atoms with Crippen molar-refractivity contribution in [1.82, 2.24) is 10.1 Å². The molecule has 0 amide bonds. The van der Waals surface area contributed by atoms with E-state index in [1.807, 2.05) is 6.92 Å². The van der Waals surface area contributed by atoms with Crippen LogP contribution in [0.2, 0.25) is 10.0 Å². The molecule has 108 valence electrons. The van der Waals surface area contributed by atoms with E-state index in [1.54, 1.807) is 25.1 Å². The summed E-state index contributed by atoms with van der Waals surface area (Å²) in [6, 6.07) is 5.02. The van der Waals surface area contributed by atoms with Crippen LogP contribution in [-0.4, -0.2) is 23.4 Å². The highest BCUT2D eigenvalue weighted by Gasteiger charge is 2.28. The van der Waals surface area contributed by atoms with Crippen molar-refractivity contribution in [3.8, 4) is 11.5 Å². The number of halogens is 2. The summed E-state index contributed by atoms with van der Waals surface area (Å²) < 4.78 is 10.5. The number of benzene rings is 1. The Morgan fingerprint density at radius 2 is 1.95 bits per heavy atom. The Balaban J connectivity index is 2.28. The van der Waals surface area contributed by atoms with E-state index in [2.05, 4.69) is 10.1 Å². The summed E-state index contributed by atoms with van der Waals surface area (Å²) in [4.78, 5) is 4.29. The molecule has 0 bridgehead atoms. The fraction of sp³-hybridized carbons (Fsp3) is 0.385. The Morgan fingerprint density at radius 3 is 2.55 bits per heavy atom. The fourth-order valence-electron chi connectivity index (χ4n) is 1.63. The molecule has 0 fully saturated rings. The summed E-state index contributed by atoms with van der Waals surface area (Å²) in [5.74, 6) is 0.689. The van der Waals surface area contributed by atoms with E-state index >= 15 is 0 Å². The van der Waals surface area contributed by atoms with Gasteiger partial charge in [0.25, 0.3) is 5.89 Å². The molecule has 0 radical (unpaired) electrons. The summed E-state index contributed by atoms with van der Waals surface area (Å²) in [5, 5.41) is 4.89. The summed E-state index contributed by atoms with van der Waals surface area (Å²) in [5.41, 5.74) is 5.94. The molecule has 2 aromatic rings. The zero-order valence-corrected chi connectivity index (χ0v) is 12.7. The summed E-state index contributed by atoms with van der Waals surface area (Å²) in [6.45, 7) is 4.55. The average Bonchev–Trinajstić information content (AvgIpc) is 2.85. The van der Waals surface area contributed by atoms with Crippen LogP contribution in [0.5, 0.6) is 0 Å². The number of hydrogen-bond donors (Lipinski definition) is 1. The van der Waals surface area contributed by atoms with Gasteiger partial charge in [0.05, 0.1) is 6.61 Å². The summed E-state index contributed by atoms with van der Waals surface area (Å²) >= 11 is 11.9. The molecule has 1 heterocycles. The monoisotopic (exact) mass is 315 g/mol. The van der Waals surface area contributed by atoms with Gasteiger partial charge < -0.3 is 15.0 Å². The molecule has 2 N–H and O–H groups in total. The fourth-order valence-corrected chi connectivity index (χ4v) is 2.15. The van der Waals surface area contributed by atoms with Crippen molar-refractivity contribution in [3.63, 3.8) is 0 Å². The summed E-state index contributed by atoms with van der Waals surface area (Å²) in [6.07, 6.45) is 0. The number of nitrogens with zero attached hydrogens (tertiary/aromatic N) is 2. The first-order valence-corrected chi connectivity index (χ1v) is 6.85. The molecular formula is C13H15Cl2N3O2. The zero-order valence-electron chi connectivity index (χ0n) is 11.2. The van der Waals surface area contributed by atoms with Crippen molar-refractivity contribution < 1.29 is 9.26 Å². The van der Waals surface area contributed by atoms with E-state index in [4.69, 9.17) is 38.2 Å². The van der Waals surface area contributed by atoms with Crippen molar-refractivity contribution >= 4 is 23.2 Å². The topological polar surface area (TPSA) is 74.2 Å². The molecule has 0 aliphatic heterocycles. The standard InChI is InChI=1S/C13H15Cl2N3O2/c1-3-19-7-13(2,16)12-17-11(20-18-12)8-4-9(14)6-10(15)5-8/h4-6H,3,7,16H2,1-2H3. The molecule has 7 heteroatoms. The molecule has 0 spiro atoms. The largest absolute Gasteiger partial charge is 0.379 e. The van der Waals surface area contributed by atoms with Gasteiger partial charge >= 0.3 is 0 Å². The molecule has 0 saturated heterocycles. The smallest absolute Gasteiger partial charge is 0.258 e. The van der Waals surface area contributed by atoms with Gasteiger partial charge in [0, 0.05) is 22.2 Å². The van der Waals surface area contributed by atoms with Crippen molar-refractivity contribution in [2.45, 2.75) is 19.4 Å². The minimum atomic E-state index is -0.819. The molecule has 1 atom stereocenters. The molecule has 5 nitrogen and oxygen atoms in total. The van der Waals surface area contributed by atoms with Gasteiger partial charge in [0.15, 0.2) is 5.82 Å². The van der Waals surface area contributed by atoms with Crippen molar-refractivity contribution in [3.05, 3.63) is 34.1 Å². The highest BCUT2D eigenvalue weighted by Crippen LogP contribution is 2.27. The van der Waals surface area contributed by atoms with Crippen LogP contribution < -0.4 is 5.73 Å².